The monoisotopic (exact) mass is 337 g/mol. The minimum absolute atomic E-state index is 0.0538. The van der Waals surface area contributed by atoms with Gasteiger partial charge < -0.3 is 15.3 Å². The highest BCUT2D eigenvalue weighted by Gasteiger charge is 2.11. The fourth-order valence-electron chi connectivity index (χ4n) is 2.53. The molecule has 23 heavy (non-hydrogen) atoms. The van der Waals surface area contributed by atoms with Crippen LogP contribution < -0.4 is 10.2 Å². The lowest BCUT2D eigenvalue weighted by molar-refractivity contribution is -0.133. The van der Waals surface area contributed by atoms with E-state index in [1.165, 1.54) is 25.7 Å². The number of aliphatic carboxylic acids is 1. The molecule has 1 aromatic rings. The molecule has 2 N–H and O–H groups in total. The molecule has 0 atom stereocenters. The van der Waals surface area contributed by atoms with Gasteiger partial charge >= 0.3 is 5.97 Å². The molecule has 126 valence electrons. The van der Waals surface area contributed by atoms with Gasteiger partial charge in [-0.3, -0.25) is 9.59 Å². The van der Waals surface area contributed by atoms with Crippen molar-refractivity contribution < 1.29 is 14.7 Å². The van der Waals surface area contributed by atoms with Gasteiger partial charge in [-0.15, -0.1) is 11.8 Å². The fourth-order valence-corrected chi connectivity index (χ4v) is 3.09. The zero-order valence-electron chi connectivity index (χ0n) is 13.2. The van der Waals surface area contributed by atoms with Crippen LogP contribution in [0.25, 0.3) is 0 Å². The second kappa shape index (κ2) is 9.39. The first-order chi connectivity index (χ1) is 11.1. The van der Waals surface area contributed by atoms with Gasteiger partial charge in [0, 0.05) is 25.8 Å². The third kappa shape index (κ3) is 6.48. The average molecular weight is 337 g/mol. The summed E-state index contributed by atoms with van der Waals surface area (Å²) in [5.41, 5.74) is 1.01. The Morgan fingerprint density at radius 2 is 1.96 bits per heavy atom. The van der Waals surface area contributed by atoms with Crippen molar-refractivity contribution in [3.05, 3.63) is 23.9 Å². The molecule has 2 rings (SSSR count). The zero-order chi connectivity index (χ0) is 16.5. The summed E-state index contributed by atoms with van der Waals surface area (Å²) in [5.74, 6) is 0.0281. The molecule has 1 saturated heterocycles. The van der Waals surface area contributed by atoms with Gasteiger partial charge in [0.2, 0.25) is 5.91 Å². The summed E-state index contributed by atoms with van der Waals surface area (Å²) in [6.07, 6.45) is 6.73. The third-order valence-corrected chi connectivity index (χ3v) is 4.61. The van der Waals surface area contributed by atoms with Gasteiger partial charge in [0.15, 0.2) is 0 Å². The number of nitrogens with one attached hydrogen (secondary N) is 1. The van der Waals surface area contributed by atoms with Crippen LogP contribution in [0.3, 0.4) is 0 Å². The van der Waals surface area contributed by atoms with Crippen molar-refractivity contribution >= 4 is 29.5 Å². The highest BCUT2D eigenvalue weighted by Crippen LogP contribution is 2.18. The van der Waals surface area contributed by atoms with E-state index in [0.717, 1.165) is 36.2 Å². The number of pyridine rings is 1. The minimum atomic E-state index is -0.904. The van der Waals surface area contributed by atoms with Crippen molar-refractivity contribution in [3.8, 4) is 0 Å². The Hall–Kier alpha value is -1.76. The van der Waals surface area contributed by atoms with Crippen molar-refractivity contribution in [3.63, 3.8) is 0 Å². The predicted molar refractivity (Wildman–Crippen MR) is 91.7 cm³/mol. The fraction of sp³-hybridized carbons (Fsp3) is 0.562. The van der Waals surface area contributed by atoms with Gasteiger partial charge in [0.25, 0.3) is 0 Å². The molecular weight excluding hydrogens is 314 g/mol. The predicted octanol–water partition coefficient (Wildman–Crippen LogP) is 1.90. The van der Waals surface area contributed by atoms with Crippen LogP contribution in [-0.4, -0.2) is 46.6 Å². The SMILES string of the molecule is O=C(O)CSCC(=O)NCc1ccnc(N2CCCCCC2)c1. The molecule has 0 aromatic carbocycles. The van der Waals surface area contributed by atoms with E-state index in [1.54, 1.807) is 6.20 Å². The van der Waals surface area contributed by atoms with E-state index in [4.69, 9.17) is 5.11 Å². The Balaban J connectivity index is 1.82. The van der Waals surface area contributed by atoms with Gasteiger partial charge in [0.05, 0.1) is 11.5 Å². The molecule has 0 saturated carbocycles. The molecule has 0 unspecified atom stereocenters. The highest BCUT2D eigenvalue weighted by molar-refractivity contribution is 8.00. The Morgan fingerprint density at radius 3 is 2.65 bits per heavy atom. The maximum absolute atomic E-state index is 11.7. The van der Waals surface area contributed by atoms with Crippen molar-refractivity contribution in [1.82, 2.24) is 10.3 Å². The van der Waals surface area contributed by atoms with E-state index < -0.39 is 5.97 Å². The molecule has 0 spiro atoms. The number of carboxylic acid groups (broad SMARTS) is 1. The van der Waals surface area contributed by atoms with Gasteiger partial charge in [0.1, 0.15) is 5.82 Å². The Labute approximate surface area is 140 Å². The molecule has 7 heteroatoms. The van der Waals surface area contributed by atoms with Crippen molar-refractivity contribution in [2.24, 2.45) is 0 Å². The van der Waals surface area contributed by atoms with Crippen LogP contribution in [0.15, 0.2) is 18.3 Å². The second-order valence-corrected chi connectivity index (χ2v) is 6.57. The molecule has 2 heterocycles. The first kappa shape index (κ1) is 17.6. The van der Waals surface area contributed by atoms with Crippen LogP contribution in [0.1, 0.15) is 31.2 Å². The number of nitrogens with zero attached hydrogens (tertiary/aromatic N) is 2. The van der Waals surface area contributed by atoms with Crippen molar-refractivity contribution in [1.29, 1.82) is 0 Å². The summed E-state index contributed by atoms with van der Waals surface area (Å²) in [6, 6.07) is 3.92. The first-order valence-electron chi connectivity index (χ1n) is 7.91. The molecule has 0 bridgehead atoms. The number of aromatic nitrogens is 1. The Bertz CT molecular complexity index is 531. The van der Waals surface area contributed by atoms with E-state index in [-0.39, 0.29) is 17.4 Å². The lowest BCUT2D eigenvalue weighted by Crippen LogP contribution is -2.26. The number of anilines is 1. The molecule has 1 aromatic heterocycles. The number of carboxylic acids is 1. The van der Waals surface area contributed by atoms with Crippen LogP contribution in [0, 0.1) is 0 Å². The van der Waals surface area contributed by atoms with E-state index in [2.05, 4.69) is 15.2 Å². The van der Waals surface area contributed by atoms with Crippen LogP contribution in [0.5, 0.6) is 0 Å². The molecule has 1 aliphatic heterocycles. The standard InChI is InChI=1S/C16H23N3O3S/c20-15(11-23-12-16(21)22)18-10-13-5-6-17-14(9-13)19-7-3-1-2-4-8-19/h5-6,9H,1-4,7-8,10-12H2,(H,18,20)(H,21,22). The molecule has 1 aliphatic rings. The first-order valence-corrected chi connectivity index (χ1v) is 9.07. The van der Waals surface area contributed by atoms with Gasteiger partial charge in [-0.2, -0.15) is 0 Å². The summed E-state index contributed by atoms with van der Waals surface area (Å²) in [7, 11) is 0. The number of amides is 1. The lowest BCUT2D eigenvalue weighted by atomic mass is 10.2. The summed E-state index contributed by atoms with van der Waals surface area (Å²) < 4.78 is 0. The third-order valence-electron chi connectivity index (χ3n) is 3.69. The van der Waals surface area contributed by atoms with Crippen LogP contribution in [0.2, 0.25) is 0 Å². The van der Waals surface area contributed by atoms with E-state index in [0.29, 0.717) is 6.54 Å². The molecule has 0 aliphatic carbocycles. The average Bonchev–Trinajstić information content (AvgIpc) is 2.82. The van der Waals surface area contributed by atoms with E-state index in [1.807, 2.05) is 12.1 Å². The van der Waals surface area contributed by atoms with Crippen LogP contribution >= 0.6 is 11.8 Å². The van der Waals surface area contributed by atoms with E-state index >= 15 is 0 Å². The summed E-state index contributed by atoms with van der Waals surface area (Å²) in [4.78, 5) is 28.8. The number of hydrogen-bond acceptors (Lipinski definition) is 5. The van der Waals surface area contributed by atoms with Crippen LogP contribution in [0.4, 0.5) is 5.82 Å². The topological polar surface area (TPSA) is 82.5 Å². The number of carbonyl (C=O) groups is 2. The maximum atomic E-state index is 11.7. The molecule has 6 nitrogen and oxygen atoms in total. The van der Waals surface area contributed by atoms with Gasteiger partial charge in [-0.25, -0.2) is 4.98 Å². The smallest absolute Gasteiger partial charge is 0.313 e. The second-order valence-electron chi connectivity index (χ2n) is 5.59. The summed E-state index contributed by atoms with van der Waals surface area (Å²) in [6.45, 7) is 2.51. The van der Waals surface area contributed by atoms with Gasteiger partial charge in [-0.1, -0.05) is 12.8 Å². The zero-order valence-corrected chi connectivity index (χ0v) is 14.0. The summed E-state index contributed by atoms with van der Waals surface area (Å²) in [5, 5.41) is 11.4. The van der Waals surface area contributed by atoms with Gasteiger partial charge in [-0.05, 0) is 30.5 Å². The largest absolute Gasteiger partial charge is 0.481 e. The Kier molecular flexibility index (Phi) is 7.19. The normalized spacial score (nSPS) is 15.0. The highest BCUT2D eigenvalue weighted by atomic mass is 32.2. The number of carbonyl (C=O) groups excluding carboxylic acids is 1. The van der Waals surface area contributed by atoms with Crippen molar-refractivity contribution in [2.45, 2.75) is 32.2 Å². The molecule has 1 amide bonds. The number of rotatable bonds is 7. The molecule has 0 radical (unpaired) electrons. The maximum Gasteiger partial charge on any atom is 0.313 e. The lowest BCUT2D eigenvalue weighted by Gasteiger charge is -2.21. The summed E-state index contributed by atoms with van der Waals surface area (Å²) >= 11 is 1.10. The number of thioether (sulfide) groups is 1. The van der Waals surface area contributed by atoms with E-state index in [9.17, 15) is 9.59 Å². The van der Waals surface area contributed by atoms with Crippen molar-refractivity contribution in [2.75, 3.05) is 29.5 Å². The minimum Gasteiger partial charge on any atom is -0.481 e. The Morgan fingerprint density at radius 1 is 1.22 bits per heavy atom. The molecular formula is C16H23N3O3S. The molecule has 1 fully saturated rings. The quantitative estimate of drug-likeness (QED) is 0.791. The number of hydrogen-bond donors (Lipinski definition) is 2. The van der Waals surface area contributed by atoms with Crippen LogP contribution in [-0.2, 0) is 16.1 Å².